The number of carbonyl (C=O) groups excluding carboxylic acids is 1. The van der Waals surface area contributed by atoms with E-state index in [1.165, 1.54) is 12.3 Å². The molecular weight excluding hydrogens is 340 g/mol. The van der Waals surface area contributed by atoms with Crippen molar-refractivity contribution >= 4 is 5.91 Å². The molecule has 1 aromatic heterocycles. The van der Waals surface area contributed by atoms with Gasteiger partial charge in [-0.05, 0) is 44.5 Å². The summed E-state index contributed by atoms with van der Waals surface area (Å²) in [4.78, 5) is 16.7. The van der Waals surface area contributed by atoms with Crippen molar-refractivity contribution in [2.24, 2.45) is 5.41 Å². The van der Waals surface area contributed by atoms with E-state index in [9.17, 15) is 13.6 Å². The van der Waals surface area contributed by atoms with E-state index >= 15 is 0 Å². The molecule has 1 amide bonds. The number of piperidine rings is 1. The second kappa shape index (κ2) is 7.78. The molecule has 0 radical (unpaired) electrons. The van der Waals surface area contributed by atoms with Gasteiger partial charge in [-0.2, -0.15) is 0 Å². The lowest BCUT2D eigenvalue weighted by molar-refractivity contribution is -0.131. The number of benzene rings is 1. The summed E-state index contributed by atoms with van der Waals surface area (Å²) in [5, 5.41) is 6.17. The fourth-order valence-corrected chi connectivity index (χ4v) is 2.94. The zero-order valence-electron chi connectivity index (χ0n) is 14.5. The molecule has 138 valence electrons. The van der Waals surface area contributed by atoms with E-state index in [1.54, 1.807) is 12.1 Å². The summed E-state index contributed by atoms with van der Waals surface area (Å²) in [6.07, 6.45) is 3.32. The van der Waals surface area contributed by atoms with Crippen LogP contribution in [-0.2, 0) is 11.3 Å². The Morgan fingerprint density at radius 3 is 2.92 bits per heavy atom. The number of nitrogens with one attached hydrogen (secondary N) is 2. The average molecular weight is 361 g/mol. The minimum atomic E-state index is -0.994. The molecule has 5 nitrogen and oxygen atoms in total. The highest BCUT2D eigenvalue weighted by Gasteiger charge is 2.34. The first-order valence-corrected chi connectivity index (χ1v) is 8.54. The highest BCUT2D eigenvalue weighted by atomic mass is 19.2. The van der Waals surface area contributed by atoms with Crippen molar-refractivity contribution in [2.75, 3.05) is 13.1 Å². The van der Waals surface area contributed by atoms with Crippen LogP contribution in [0.3, 0.4) is 0 Å². The first-order chi connectivity index (χ1) is 12.5. The molecule has 1 aliphatic rings. The molecule has 1 saturated heterocycles. The van der Waals surface area contributed by atoms with Gasteiger partial charge in [-0.3, -0.25) is 4.79 Å². The maximum atomic E-state index is 13.3. The lowest BCUT2D eigenvalue weighted by Gasteiger charge is -2.32. The van der Waals surface area contributed by atoms with Gasteiger partial charge in [0.1, 0.15) is 5.75 Å². The van der Waals surface area contributed by atoms with Crippen LogP contribution in [-0.4, -0.2) is 24.0 Å². The smallest absolute Gasteiger partial charge is 0.227 e. The van der Waals surface area contributed by atoms with E-state index in [2.05, 4.69) is 15.6 Å². The predicted octanol–water partition coefficient (Wildman–Crippen LogP) is 3.16. The molecule has 2 aromatic rings. The zero-order valence-corrected chi connectivity index (χ0v) is 14.5. The highest BCUT2D eigenvalue weighted by Crippen LogP contribution is 2.27. The predicted molar refractivity (Wildman–Crippen MR) is 92.7 cm³/mol. The fraction of sp³-hybridized carbons (Fsp3) is 0.368. The molecule has 0 saturated carbocycles. The highest BCUT2D eigenvalue weighted by molar-refractivity contribution is 5.82. The van der Waals surface area contributed by atoms with Gasteiger partial charge in [0.25, 0.3) is 0 Å². The van der Waals surface area contributed by atoms with E-state index in [0.717, 1.165) is 31.5 Å². The third-order valence-corrected chi connectivity index (χ3v) is 4.54. The molecule has 1 aromatic carbocycles. The van der Waals surface area contributed by atoms with Crippen LogP contribution < -0.4 is 15.4 Å². The third-order valence-electron chi connectivity index (χ3n) is 4.54. The van der Waals surface area contributed by atoms with E-state index < -0.39 is 17.0 Å². The molecule has 26 heavy (non-hydrogen) atoms. The van der Waals surface area contributed by atoms with Gasteiger partial charge in [0.2, 0.25) is 11.8 Å². The van der Waals surface area contributed by atoms with Crippen LogP contribution in [0, 0.1) is 17.0 Å². The summed E-state index contributed by atoms with van der Waals surface area (Å²) < 4.78 is 32.0. The Bertz CT molecular complexity index is 792. The Labute approximate surface area is 150 Å². The van der Waals surface area contributed by atoms with Crippen LogP contribution in [0.25, 0.3) is 0 Å². The Hall–Kier alpha value is -2.54. The standard InChI is InChI=1S/C19H21F2N3O2/c1-19(7-3-8-22-12-19)18(25)24-11-13-4-2-9-23-17(13)26-14-5-6-15(20)16(21)10-14/h2,4-6,9-10,22H,3,7-8,11-12H2,1H3,(H,24,25)/t19-/m1/s1. The van der Waals surface area contributed by atoms with E-state index in [4.69, 9.17) is 4.74 Å². The minimum Gasteiger partial charge on any atom is -0.439 e. The van der Waals surface area contributed by atoms with Crippen molar-refractivity contribution in [1.29, 1.82) is 0 Å². The quantitative estimate of drug-likeness (QED) is 0.859. The number of aromatic nitrogens is 1. The number of pyridine rings is 1. The second-order valence-corrected chi connectivity index (χ2v) is 6.67. The van der Waals surface area contributed by atoms with Gasteiger partial charge < -0.3 is 15.4 Å². The largest absolute Gasteiger partial charge is 0.439 e. The van der Waals surface area contributed by atoms with Gasteiger partial charge in [-0.1, -0.05) is 6.07 Å². The van der Waals surface area contributed by atoms with Crippen molar-refractivity contribution < 1.29 is 18.3 Å². The summed E-state index contributed by atoms with van der Waals surface area (Å²) >= 11 is 0. The van der Waals surface area contributed by atoms with Gasteiger partial charge in [0.05, 0.1) is 5.41 Å². The number of amides is 1. The number of halogens is 2. The van der Waals surface area contributed by atoms with E-state index in [1.807, 2.05) is 6.92 Å². The first-order valence-electron chi connectivity index (χ1n) is 8.54. The Morgan fingerprint density at radius 2 is 2.19 bits per heavy atom. The Morgan fingerprint density at radius 1 is 1.35 bits per heavy atom. The lowest BCUT2D eigenvalue weighted by atomic mass is 9.82. The second-order valence-electron chi connectivity index (χ2n) is 6.67. The number of carbonyl (C=O) groups is 1. The maximum absolute atomic E-state index is 13.3. The van der Waals surface area contributed by atoms with Crippen LogP contribution in [0.5, 0.6) is 11.6 Å². The summed E-state index contributed by atoms with van der Waals surface area (Å²) in [7, 11) is 0. The van der Waals surface area contributed by atoms with Gasteiger partial charge in [0, 0.05) is 30.9 Å². The van der Waals surface area contributed by atoms with Crippen LogP contribution in [0.2, 0.25) is 0 Å². The lowest BCUT2D eigenvalue weighted by Crippen LogP contribution is -2.48. The number of ether oxygens (including phenoxy) is 1. The average Bonchev–Trinajstić information content (AvgIpc) is 2.64. The summed E-state index contributed by atoms with van der Waals surface area (Å²) in [5.74, 6) is -1.59. The van der Waals surface area contributed by atoms with Gasteiger partial charge in [-0.15, -0.1) is 0 Å². The fourth-order valence-electron chi connectivity index (χ4n) is 2.94. The number of hydrogen-bond donors (Lipinski definition) is 2. The topological polar surface area (TPSA) is 63.2 Å². The van der Waals surface area contributed by atoms with Crippen molar-refractivity contribution in [1.82, 2.24) is 15.6 Å². The summed E-state index contributed by atoms with van der Waals surface area (Å²) in [5.41, 5.74) is 0.208. The molecule has 7 heteroatoms. The normalized spacial score (nSPS) is 19.8. The van der Waals surface area contributed by atoms with Gasteiger partial charge in [-0.25, -0.2) is 13.8 Å². The van der Waals surface area contributed by atoms with Crippen molar-refractivity contribution in [3.63, 3.8) is 0 Å². The molecule has 2 N–H and O–H groups in total. The van der Waals surface area contributed by atoms with Crippen molar-refractivity contribution in [2.45, 2.75) is 26.3 Å². The van der Waals surface area contributed by atoms with Gasteiger partial charge >= 0.3 is 0 Å². The van der Waals surface area contributed by atoms with Crippen molar-refractivity contribution in [3.05, 3.63) is 53.7 Å². The van der Waals surface area contributed by atoms with Crippen LogP contribution in [0.4, 0.5) is 8.78 Å². The molecule has 0 bridgehead atoms. The molecule has 3 rings (SSSR count). The molecule has 0 unspecified atom stereocenters. The number of rotatable bonds is 5. The monoisotopic (exact) mass is 361 g/mol. The Kier molecular flexibility index (Phi) is 5.46. The van der Waals surface area contributed by atoms with Crippen LogP contribution in [0.1, 0.15) is 25.3 Å². The summed E-state index contributed by atoms with van der Waals surface area (Å²) in [6.45, 7) is 3.75. The first kappa shape index (κ1) is 18.3. The summed E-state index contributed by atoms with van der Waals surface area (Å²) in [6, 6.07) is 6.77. The van der Waals surface area contributed by atoms with Crippen LogP contribution >= 0.6 is 0 Å². The number of hydrogen-bond acceptors (Lipinski definition) is 4. The molecule has 0 spiro atoms. The molecular formula is C19H21F2N3O2. The van der Waals surface area contributed by atoms with Gasteiger partial charge in [0.15, 0.2) is 11.6 Å². The third kappa shape index (κ3) is 4.16. The molecule has 2 heterocycles. The van der Waals surface area contributed by atoms with E-state index in [-0.39, 0.29) is 24.1 Å². The van der Waals surface area contributed by atoms with Crippen LogP contribution in [0.15, 0.2) is 36.5 Å². The SMILES string of the molecule is C[C@@]1(C(=O)NCc2cccnc2Oc2ccc(F)c(F)c2)CCCNC1. The minimum absolute atomic E-state index is 0.0349. The molecule has 1 aliphatic heterocycles. The number of nitrogens with zero attached hydrogens (tertiary/aromatic N) is 1. The molecule has 0 aliphatic carbocycles. The Balaban J connectivity index is 1.69. The van der Waals surface area contributed by atoms with Crippen molar-refractivity contribution in [3.8, 4) is 11.6 Å². The molecule has 1 atom stereocenters. The maximum Gasteiger partial charge on any atom is 0.227 e. The molecule has 1 fully saturated rings. The zero-order chi connectivity index (χ0) is 18.6. The van der Waals surface area contributed by atoms with E-state index in [0.29, 0.717) is 12.1 Å².